The van der Waals surface area contributed by atoms with Crippen molar-refractivity contribution in [1.82, 2.24) is 9.88 Å². The molecule has 150 valence electrons. The van der Waals surface area contributed by atoms with Crippen LogP contribution in [0.4, 0.5) is 5.82 Å². The first kappa shape index (κ1) is 21.2. The molecule has 2 saturated heterocycles. The Labute approximate surface area is 162 Å². The molecule has 0 aromatic carbocycles. The van der Waals surface area contributed by atoms with Gasteiger partial charge in [-0.25, -0.2) is 4.98 Å². The van der Waals surface area contributed by atoms with Crippen molar-refractivity contribution in [3.8, 4) is 0 Å². The lowest BCUT2D eigenvalue weighted by molar-refractivity contribution is -0.147. The molecule has 0 radical (unpaired) electrons. The third-order valence-electron chi connectivity index (χ3n) is 5.55. The second-order valence-electron chi connectivity index (χ2n) is 7.04. The first-order chi connectivity index (χ1) is 13.1. The van der Waals surface area contributed by atoms with E-state index in [1.54, 1.807) is 0 Å². The van der Waals surface area contributed by atoms with E-state index < -0.39 is 5.97 Å². The standard InChI is InChI=1S/C19H27N3O3.C2H6/c1-2-14-4-3-9-20-17(14)21-10-5-15(6-11-21)18(23)22-12-7-16(8-13-22)19(24)25;1-2/h3-4,9,15-16H,2,5-8,10-13H2,1H3,(H,24,25);1-2H3. The number of rotatable bonds is 4. The smallest absolute Gasteiger partial charge is 0.306 e. The fourth-order valence-corrected chi connectivity index (χ4v) is 3.93. The highest BCUT2D eigenvalue weighted by Crippen LogP contribution is 2.27. The lowest BCUT2D eigenvalue weighted by Crippen LogP contribution is -2.46. The van der Waals surface area contributed by atoms with E-state index >= 15 is 0 Å². The van der Waals surface area contributed by atoms with Crippen LogP contribution < -0.4 is 4.90 Å². The van der Waals surface area contributed by atoms with E-state index in [-0.39, 0.29) is 17.7 Å². The van der Waals surface area contributed by atoms with Crippen molar-refractivity contribution in [3.63, 3.8) is 0 Å². The summed E-state index contributed by atoms with van der Waals surface area (Å²) in [5, 5.41) is 9.08. The molecular weight excluding hydrogens is 342 g/mol. The highest BCUT2D eigenvalue weighted by atomic mass is 16.4. The SMILES string of the molecule is CC.CCc1cccnc1N1CCC(C(=O)N2CCC(C(=O)O)CC2)CC1. The molecule has 0 aliphatic carbocycles. The Balaban J connectivity index is 0.00000126. The van der Waals surface area contributed by atoms with E-state index in [1.165, 1.54) is 5.56 Å². The van der Waals surface area contributed by atoms with Crippen LogP contribution in [0.5, 0.6) is 0 Å². The van der Waals surface area contributed by atoms with Gasteiger partial charge in [0.2, 0.25) is 5.91 Å². The van der Waals surface area contributed by atoms with Crippen molar-refractivity contribution >= 4 is 17.7 Å². The van der Waals surface area contributed by atoms with E-state index in [0.29, 0.717) is 25.9 Å². The van der Waals surface area contributed by atoms with Gasteiger partial charge in [-0.1, -0.05) is 26.8 Å². The number of carboxylic acid groups (broad SMARTS) is 1. The Morgan fingerprint density at radius 1 is 1.07 bits per heavy atom. The van der Waals surface area contributed by atoms with Crippen molar-refractivity contribution in [1.29, 1.82) is 0 Å². The summed E-state index contributed by atoms with van der Waals surface area (Å²) in [5.74, 6) is 0.301. The van der Waals surface area contributed by atoms with E-state index in [9.17, 15) is 9.59 Å². The minimum absolute atomic E-state index is 0.0615. The summed E-state index contributed by atoms with van der Waals surface area (Å²) in [7, 11) is 0. The molecule has 2 aliphatic heterocycles. The Bertz CT molecular complexity index is 619. The summed E-state index contributed by atoms with van der Waals surface area (Å²) in [6.45, 7) is 9.00. The third kappa shape index (κ3) is 5.21. The van der Waals surface area contributed by atoms with Crippen LogP contribution in [0.3, 0.4) is 0 Å². The highest BCUT2D eigenvalue weighted by molar-refractivity contribution is 5.79. The van der Waals surface area contributed by atoms with Gasteiger partial charge in [0.15, 0.2) is 0 Å². The van der Waals surface area contributed by atoms with Crippen molar-refractivity contribution in [2.24, 2.45) is 11.8 Å². The molecular formula is C21H33N3O3. The van der Waals surface area contributed by atoms with Gasteiger partial charge < -0.3 is 14.9 Å². The van der Waals surface area contributed by atoms with Crippen LogP contribution in [0.25, 0.3) is 0 Å². The third-order valence-corrected chi connectivity index (χ3v) is 5.55. The van der Waals surface area contributed by atoms with E-state index in [1.807, 2.05) is 31.0 Å². The summed E-state index contributed by atoms with van der Waals surface area (Å²) in [4.78, 5) is 32.5. The van der Waals surface area contributed by atoms with E-state index in [2.05, 4.69) is 22.9 Å². The average Bonchev–Trinajstić information content (AvgIpc) is 2.75. The van der Waals surface area contributed by atoms with Crippen LogP contribution in [0, 0.1) is 11.8 Å². The van der Waals surface area contributed by atoms with Crippen LogP contribution in [-0.2, 0) is 16.0 Å². The maximum atomic E-state index is 12.7. The number of amides is 1. The number of hydrogen-bond donors (Lipinski definition) is 1. The van der Waals surface area contributed by atoms with Crippen LogP contribution in [0.1, 0.15) is 52.0 Å². The van der Waals surface area contributed by atoms with Crippen LogP contribution in [0.15, 0.2) is 18.3 Å². The molecule has 27 heavy (non-hydrogen) atoms. The highest BCUT2D eigenvalue weighted by Gasteiger charge is 2.32. The number of aryl methyl sites for hydroxylation is 1. The molecule has 1 aromatic rings. The zero-order valence-electron chi connectivity index (χ0n) is 16.9. The van der Waals surface area contributed by atoms with E-state index in [4.69, 9.17) is 5.11 Å². The molecule has 1 N–H and O–H groups in total. The molecule has 1 amide bonds. The first-order valence-corrected chi connectivity index (χ1v) is 10.3. The summed E-state index contributed by atoms with van der Waals surface area (Å²) >= 11 is 0. The Hall–Kier alpha value is -2.11. The van der Waals surface area contributed by atoms with Crippen molar-refractivity contribution in [2.75, 3.05) is 31.1 Å². The van der Waals surface area contributed by atoms with Crippen molar-refractivity contribution in [2.45, 2.75) is 52.9 Å². The largest absolute Gasteiger partial charge is 0.481 e. The second kappa shape index (κ2) is 10.3. The number of anilines is 1. The number of likely N-dealkylation sites (tertiary alicyclic amines) is 1. The summed E-state index contributed by atoms with van der Waals surface area (Å²) in [6.07, 6.45) is 5.63. The number of carbonyl (C=O) groups excluding carboxylic acids is 1. The number of carbonyl (C=O) groups is 2. The molecule has 0 spiro atoms. The minimum atomic E-state index is -0.734. The number of carboxylic acids is 1. The van der Waals surface area contributed by atoms with Crippen LogP contribution in [0.2, 0.25) is 0 Å². The van der Waals surface area contributed by atoms with Crippen molar-refractivity contribution in [3.05, 3.63) is 23.9 Å². The number of piperidine rings is 2. The zero-order valence-corrected chi connectivity index (χ0v) is 16.9. The Morgan fingerprint density at radius 3 is 2.22 bits per heavy atom. The molecule has 2 aliphatic rings. The van der Waals surface area contributed by atoms with Gasteiger partial charge in [-0.2, -0.15) is 0 Å². The lowest BCUT2D eigenvalue weighted by atomic mass is 9.92. The number of aromatic nitrogens is 1. The normalized spacial score (nSPS) is 18.6. The predicted molar refractivity (Wildman–Crippen MR) is 107 cm³/mol. The summed E-state index contributed by atoms with van der Waals surface area (Å²) in [5.41, 5.74) is 1.25. The van der Waals surface area contributed by atoms with Gasteiger partial charge in [0.05, 0.1) is 5.92 Å². The molecule has 0 saturated carbocycles. The van der Waals surface area contributed by atoms with Gasteiger partial charge in [-0.3, -0.25) is 9.59 Å². The molecule has 0 atom stereocenters. The average molecular weight is 376 g/mol. The number of aliphatic carboxylic acids is 1. The molecule has 3 rings (SSSR count). The quantitative estimate of drug-likeness (QED) is 0.875. The molecule has 2 fully saturated rings. The fourth-order valence-electron chi connectivity index (χ4n) is 3.93. The summed E-state index contributed by atoms with van der Waals surface area (Å²) < 4.78 is 0. The Morgan fingerprint density at radius 2 is 1.67 bits per heavy atom. The topological polar surface area (TPSA) is 73.7 Å². The second-order valence-corrected chi connectivity index (χ2v) is 7.04. The van der Waals surface area contributed by atoms with Gasteiger partial charge in [0.25, 0.3) is 0 Å². The first-order valence-electron chi connectivity index (χ1n) is 10.3. The molecule has 3 heterocycles. The number of nitrogens with zero attached hydrogens (tertiary/aromatic N) is 3. The number of hydrogen-bond acceptors (Lipinski definition) is 4. The summed E-state index contributed by atoms with van der Waals surface area (Å²) in [6, 6.07) is 4.09. The maximum absolute atomic E-state index is 12.7. The van der Waals surface area contributed by atoms with Crippen LogP contribution in [-0.4, -0.2) is 53.0 Å². The van der Waals surface area contributed by atoms with Crippen LogP contribution >= 0.6 is 0 Å². The van der Waals surface area contributed by atoms with Gasteiger partial charge >= 0.3 is 5.97 Å². The number of pyridine rings is 1. The lowest BCUT2D eigenvalue weighted by Gasteiger charge is -2.37. The minimum Gasteiger partial charge on any atom is -0.481 e. The molecule has 6 nitrogen and oxygen atoms in total. The van der Waals surface area contributed by atoms with Gasteiger partial charge in [-0.05, 0) is 43.7 Å². The van der Waals surface area contributed by atoms with Gasteiger partial charge in [-0.15, -0.1) is 0 Å². The molecule has 1 aromatic heterocycles. The molecule has 6 heteroatoms. The van der Waals surface area contributed by atoms with Crippen molar-refractivity contribution < 1.29 is 14.7 Å². The van der Waals surface area contributed by atoms with Gasteiger partial charge in [0, 0.05) is 38.3 Å². The van der Waals surface area contributed by atoms with E-state index in [0.717, 1.165) is 38.2 Å². The monoisotopic (exact) mass is 375 g/mol. The molecule has 0 unspecified atom stereocenters. The fraction of sp³-hybridized carbons (Fsp3) is 0.667. The maximum Gasteiger partial charge on any atom is 0.306 e. The van der Waals surface area contributed by atoms with Gasteiger partial charge in [0.1, 0.15) is 5.82 Å². The predicted octanol–water partition coefficient (Wildman–Crippen LogP) is 3.21. The zero-order chi connectivity index (χ0) is 19.8. The Kier molecular flexibility index (Phi) is 8.07. The molecule has 0 bridgehead atoms.